The maximum atomic E-state index is 13.6. The summed E-state index contributed by atoms with van der Waals surface area (Å²) < 4.78 is 16.0. The van der Waals surface area contributed by atoms with E-state index in [1.807, 2.05) is 37.3 Å². The molecular weight excluding hydrogens is 484 g/mol. The van der Waals surface area contributed by atoms with Gasteiger partial charge in [-0.05, 0) is 63.1 Å². The Hall–Kier alpha value is -3.81. The second-order valence-electron chi connectivity index (χ2n) is 9.23. The van der Waals surface area contributed by atoms with Crippen molar-refractivity contribution in [2.75, 3.05) is 27.9 Å². The third-order valence-electron chi connectivity index (χ3n) is 6.78. The molecule has 38 heavy (non-hydrogen) atoms. The van der Waals surface area contributed by atoms with Gasteiger partial charge in [0.05, 0.1) is 27.4 Å². The maximum absolute atomic E-state index is 13.6. The lowest BCUT2D eigenvalue weighted by molar-refractivity contribution is -0.140. The molecule has 2 atom stereocenters. The fourth-order valence-corrected chi connectivity index (χ4v) is 4.87. The molecule has 1 saturated heterocycles. The number of Topliss-reactive ketones (excluding diaryl/α,β-unsaturated/α-hetero) is 1. The maximum Gasteiger partial charge on any atom is 0.296 e. The van der Waals surface area contributed by atoms with Gasteiger partial charge in [-0.25, -0.2) is 0 Å². The van der Waals surface area contributed by atoms with E-state index in [1.54, 1.807) is 0 Å². The predicted molar refractivity (Wildman–Crippen MR) is 146 cm³/mol. The molecule has 1 N–H and O–H groups in total. The topological polar surface area (TPSA) is 94.2 Å². The van der Waals surface area contributed by atoms with Gasteiger partial charge in [0.1, 0.15) is 6.04 Å². The number of ether oxygens (including phenoxy) is 3. The zero-order chi connectivity index (χ0) is 27.5. The Kier molecular flexibility index (Phi) is 10.8. The van der Waals surface area contributed by atoms with Crippen LogP contribution in [0.2, 0.25) is 0 Å². The zero-order valence-corrected chi connectivity index (χ0v) is 22.7. The lowest BCUT2D eigenvalue weighted by Gasteiger charge is -2.39. The molecule has 2 aromatic carbocycles. The third kappa shape index (κ3) is 6.94. The summed E-state index contributed by atoms with van der Waals surface area (Å²) in [6.07, 6.45) is 8.39. The van der Waals surface area contributed by atoms with Crippen LogP contribution in [0, 0.1) is 0 Å². The van der Waals surface area contributed by atoms with Crippen LogP contribution in [-0.2, 0) is 16.0 Å². The number of methoxy groups -OCH3 is 3. The number of piperidine rings is 1. The van der Waals surface area contributed by atoms with Crippen molar-refractivity contribution in [1.82, 2.24) is 10.2 Å². The summed E-state index contributed by atoms with van der Waals surface area (Å²) in [6.45, 7) is 2.37. The number of benzene rings is 2. The van der Waals surface area contributed by atoms with Gasteiger partial charge in [0.15, 0.2) is 11.5 Å². The third-order valence-corrected chi connectivity index (χ3v) is 6.78. The number of nitrogens with one attached hydrogen (secondary N) is 1. The minimum atomic E-state index is -0.735. The standard InChI is InChI=1S/C30H38N2O6/c1-5-12-23-16-11-17-24(29(34)31-18-10-9-15-21-13-7-6-8-14-21)32(23)30(35)27(33)22-19-25(36-2)28(38-4)26(20-22)37-3/h5-8,12-14,19-20,23-24H,9-11,15-18H2,1-4H3,(H,31,34)/b12-5-. The number of aryl methyl sites for hydroxylation is 1. The van der Waals surface area contributed by atoms with E-state index in [4.69, 9.17) is 14.2 Å². The number of hydrogen-bond donors (Lipinski definition) is 1. The van der Waals surface area contributed by atoms with Crippen LogP contribution in [-0.4, -0.2) is 62.5 Å². The van der Waals surface area contributed by atoms with E-state index in [0.717, 1.165) is 25.7 Å². The second-order valence-corrected chi connectivity index (χ2v) is 9.23. The Bertz CT molecular complexity index is 1110. The molecule has 8 heteroatoms. The molecule has 1 heterocycles. The highest BCUT2D eigenvalue weighted by Crippen LogP contribution is 2.38. The fourth-order valence-electron chi connectivity index (χ4n) is 4.87. The fraction of sp³-hybridized carbons (Fsp3) is 0.433. The molecule has 0 bridgehead atoms. The number of hydrogen-bond acceptors (Lipinski definition) is 6. The van der Waals surface area contributed by atoms with Gasteiger partial charge in [-0.15, -0.1) is 0 Å². The first-order valence-corrected chi connectivity index (χ1v) is 13.1. The van der Waals surface area contributed by atoms with Crippen LogP contribution in [0.3, 0.4) is 0 Å². The quantitative estimate of drug-likeness (QED) is 0.193. The first-order chi connectivity index (χ1) is 18.4. The van der Waals surface area contributed by atoms with E-state index in [1.165, 1.54) is 43.9 Å². The van der Waals surface area contributed by atoms with Gasteiger partial charge in [-0.3, -0.25) is 14.4 Å². The van der Waals surface area contributed by atoms with Gasteiger partial charge in [0, 0.05) is 12.1 Å². The summed E-state index contributed by atoms with van der Waals surface area (Å²) in [6, 6.07) is 12.1. The van der Waals surface area contributed by atoms with Crippen molar-refractivity contribution in [3.05, 3.63) is 65.7 Å². The predicted octanol–water partition coefficient (Wildman–Crippen LogP) is 4.36. The smallest absolute Gasteiger partial charge is 0.296 e. The molecule has 1 aliphatic rings. The van der Waals surface area contributed by atoms with Crippen molar-refractivity contribution in [2.45, 2.75) is 57.5 Å². The van der Waals surface area contributed by atoms with Crippen molar-refractivity contribution >= 4 is 17.6 Å². The van der Waals surface area contributed by atoms with Gasteiger partial charge in [0.25, 0.3) is 11.7 Å². The summed E-state index contributed by atoms with van der Waals surface area (Å²) in [5.41, 5.74) is 1.37. The van der Waals surface area contributed by atoms with E-state index in [0.29, 0.717) is 25.1 Å². The van der Waals surface area contributed by atoms with Crippen LogP contribution in [0.4, 0.5) is 0 Å². The summed E-state index contributed by atoms with van der Waals surface area (Å²) >= 11 is 0. The Labute approximate surface area is 224 Å². The first kappa shape index (κ1) is 28.8. The normalized spacial score (nSPS) is 17.2. The van der Waals surface area contributed by atoms with Gasteiger partial charge < -0.3 is 24.4 Å². The molecule has 2 aromatic rings. The van der Waals surface area contributed by atoms with Crippen molar-refractivity contribution in [2.24, 2.45) is 0 Å². The van der Waals surface area contributed by atoms with Crippen LogP contribution in [0.5, 0.6) is 17.2 Å². The Morgan fingerprint density at radius 2 is 1.66 bits per heavy atom. The molecule has 2 unspecified atom stereocenters. The van der Waals surface area contributed by atoms with E-state index < -0.39 is 17.7 Å². The second kappa shape index (κ2) is 14.2. The van der Waals surface area contributed by atoms with Crippen molar-refractivity contribution in [3.8, 4) is 17.2 Å². The van der Waals surface area contributed by atoms with Crippen LogP contribution < -0.4 is 19.5 Å². The van der Waals surface area contributed by atoms with E-state index >= 15 is 0 Å². The summed E-state index contributed by atoms with van der Waals surface area (Å²) in [4.78, 5) is 41.7. The molecule has 3 rings (SSSR count). The van der Waals surface area contributed by atoms with Crippen LogP contribution >= 0.6 is 0 Å². The van der Waals surface area contributed by atoms with E-state index in [2.05, 4.69) is 17.4 Å². The number of rotatable bonds is 12. The lowest BCUT2D eigenvalue weighted by atomic mass is 9.93. The Balaban J connectivity index is 1.74. The highest BCUT2D eigenvalue weighted by atomic mass is 16.5. The minimum Gasteiger partial charge on any atom is -0.493 e. The minimum absolute atomic E-state index is 0.106. The molecule has 1 fully saturated rings. The molecule has 0 radical (unpaired) electrons. The number of likely N-dealkylation sites (tertiary alicyclic amines) is 1. The number of allylic oxidation sites excluding steroid dienone is 1. The number of unbranched alkanes of at least 4 members (excludes halogenated alkanes) is 1. The van der Waals surface area contributed by atoms with E-state index in [-0.39, 0.29) is 29.0 Å². The molecule has 0 aliphatic carbocycles. The molecule has 8 nitrogen and oxygen atoms in total. The number of amides is 2. The van der Waals surface area contributed by atoms with Crippen molar-refractivity contribution in [3.63, 3.8) is 0 Å². The van der Waals surface area contributed by atoms with Crippen LogP contribution in [0.1, 0.15) is 54.9 Å². The van der Waals surface area contributed by atoms with Gasteiger partial charge >= 0.3 is 0 Å². The lowest BCUT2D eigenvalue weighted by Crippen LogP contribution is -2.57. The Morgan fingerprint density at radius 1 is 0.974 bits per heavy atom. The molecule has 204 valence electrons. The molecule has 0 spiro atoms. The van der Waals surface area contributed by atoms with Gasteiger partial charge in [0.2, 0.25) is 11.7 Å². The molecular formula is C30H38N2O6. The van der Waals surface area contributed by atoms with Gasteiger partial charge in [-0.2, -0.15) is 0 Å². The number of carbonyl (C=O) groups is 3. The highest BCUT2D eigenvalue weighted by molar-refractivity contribution is 6.43. The average Bonchev–Trinajstić information content (AvgIpc) is 2.95. The molecule has 2 amide bonds. The SMILES string of the molecule is C/C=C\C1CCCC(C(=O)NCCCCc2ccccc2)N1C(=O)C(=O)c1cc(OC)c(OC)c(OC)c1. The zero-order valence-electron chi connectivity index (χ0n) is 22.7. The summed E-state index contributed by atoms with van der Waals surface area (Å²) in [5, 5.41) is 2.99. The number of ketones is 1. The summed E-state index contributed by atoms with van der Waals surface area (Å²) in [5.74, 6) is -0.821. The largest absolute Gasteiger partial charge is 0.493 e. The van der Waals surface area contributed by atoms with Crippen LogP contribution in [0.15, 0.2) is 54.6 Å². The summed E-state index contributed by atoms with van der Waals surface area (Å²) in [7, 11) is 4.36. The Morgan fingerprint density at radius 3 is 2.26 bits per heavy atom. The number of nitrogens with zero attached hydrogens (tertiary/aromatic N) is 1. The molecule has 0 aromatic heterocycles. The average molecular weight is 523 g/mol. The first-order valence-electron chi connectivity index (χ1n) is 13.1. The molecule has 0 saturated carbocycles. The van der Waals surface area contributed by atoms with E-state index in [9.17, 15) is 14.4 Å². The highest BCUT2D eigenvalue weighted by Gasteiger charge is 2.40. The van der Waals surface area contributed by atoms with Crippen LogP contribution in [0.25, 0.3) is 0 Å². The van der Waals surface area contributed by atoms with Crippen molar-refractivity contribution < 1.29 is 28.6 Å². The monoisotopic (exact) mass is 522 g/mol. The molecule has 1 aliphatic heterocycles. The van der Waals surface area contributed by atoms with Gasteiger partial charge in [-0.1, -0.05) is 42.5 Å². The van der Waals surface area contributed by atoms with Crippen molar-refractivity contribution in [1.29, 1.82) is 0 Å². The number of carbonyl (C=O) groups excluding carboxylic acids is 3.